The summed E-state index contributed by atoms with van der Waals surface area (Å²) >= 11 is -3.15. The van der Waals surface area contributed by atoms with E-state index in [9.17, 15) is 13.7 Å². The molecule has 0 rings (SSSR count). The smallest absolute Gasteiger partial charge is 0.405 e. The fourth-order valence-corrected chi connectivity index (χ4v) is 16.8. The summed E-state index contributed by atoms with van der Waals surface area (Å²) in [7, 11) is -9.04. The first-order valence-electron chi connectivity index (χ1n) is 13.9. The molecule has 0 unspecified atom stereocenters. The Morgan fingerprint density at radius 1 is 0.412 bits per heavy atom. The van der Waals surface area contributed by atoms with Crippen LogP contribution in [-0.4, -0.2) is 52.1 Å². The molecule has 0 bridgehead atoms. The molecule has 0 radical (unpaired) electrons. The molecular formula is C24H54AlO6P3. The minimum Gasteiger partial charge on any atom is -0.405 e. The Balaban J connectivity index is 6.03. The van der Waals surface area contributed by atoms with E-state index in [-0.39, 0.29) is 0 Å². The van der Waals surface area contributed by atoms with E-state index in [0.29, 0.717) is 37.0 Å². The van der Waals surface area contributed by atoms with Crippen molar-refractivity contribution in [2.45, 2.75) is 119 Å². The Kier molecular flexibility index (Phi) is 20.8. The lowest BCUT2D eigenvalue weighted by atomic mass is 10.4. The summed E-state index contributed by atoms with van der Waals surface area (Å²) in [4.78, 5) is 0. The van der Waals surface area contributed by atoms with Crippen LogP contribution in [0.1, 0.15) is 119 Å². The lowest BCUT2D eigenvalue weighted by Crippen LogP contribution is -2.27. The Morgan fingerprint density at radius 2 is 0.588 bits per heavy atom. The van der Waals surface area contributed by atoms with Gasteiger partial charge in [-0.2, -0.15) is 0 Å². The lowest BCUT2D eigenvalue weighted by Gasteiger charge is -2.29. The van der Waals surface area contributed by atoms with Crippen LogP contribution < -0.4 is 0 Å². The first-order valence-corrected chi connectivity index (χ1v) is 21.3. The molecule has 0 spiro atoms. The molecule has 0 aliphatic heterocycles. The van der Waals surface area contributed by atoms with Gasteiger partial charge in [0.15, 0.2) is 22.1 Å². The molecule has 0 saturated heterocycles. The van der Waals surface area contributed by atoms with Gasteiger partial charge in [0.1, 0.15) is 0 Å². The summed E-state index contributed by atoms with van der Waals surface area (Å²) in [5, 5.41) is 0. The number of hydrogen-bond acceptors (Lipinski definition) is 6. The van der Waals surface area contributed by atoms with Crippen molar-refractivity contribution in [2.75, 3.05) is 37.0 Å². The van der Waals surface area contributed by atoms with E-state index in [2.05, 4.69) is 41.5 Å². The molecular weight excluding hydrogens is 504 g/mol. The van der Waals surface area contributed by atoms with Gasteiger partial charge in [-0.25, -0.2) is 0 Å². The molecule has 0 heterocycles. The quantitative estimate of drug-likeness (QED) is 0.0867. The van der Waals surface area contributed by atoms with Gasteiger partial charge in [-0.05, 0) is 38.5 Å². The van der Waals surface area contributed by atoms with Crippen molar-refractivity contribution >= 4 is 37.3 Å². The standard InChI is InChI=1S/3C8H19O2P.Al/c3*1-3-5-7-11(9,10)8-6-4-2;/h3*3-8H2,1-2H3,(H,9,10);/q;;;+3/p-3. The fourth-order valence-electron chi connectivity index (χ4n) is 3.57. The van der Waals surface area contributed by atoms with Crippen molar-refractivity contribution in [3.8, 4) is 0 Å². The van der Waals surface area contributed by atoms with Crippen molar-refractivity contribution in [1.82, 2.24) is 0 Å². The highest BCUT2D eigenvalue weighted by Gasteiger charge is 2.48. The molecule has 0 atom stereocenters. The maximum absolute atomic E-state index is 13.8. The number of rotatable bonds is 24. The zero-order chi connectivity index (χ0) is 25.9. The van der Waals surface area contributed by atoms with E-state index in [1.807, 2.05) is 0 Å². The van der Waals surface area contributed by atoms with Crippen molar-refractivity contribution in [1.29, 1.82) is 0 Å². The molecule has 0 fully saturated rings. The molecule has 0 saturated carbocycles. The van der Waals surface area contributed by atoms with Crippen LogP contribution in [0.4, 0.5) is 0 Å². The highest BCUT2D eigenvalue weighted by molar-refractivity contribution is 7.63. The van der Waals surface area contributed by atoms with E-state index < -0.39 is 37.3 Å². The van der Waals surface area contributed by atoms with Crippen LogP contribution in [0.15, 0.2) is 0 Å². The molecule has 10 heteroatoms. The van der Waals surface area contributed by atoms with E-state index in [4.69, 9.17) is 10.7 Å². The van der Waals surface area contributed by atoms with Gasteiger partial charge in [0.05, 0.1) is 0 Å². The first kappa shape index (κ1) is 35.1. The third-order valence-electron chi connectivity index (χ3n) is 5.95. The van der Waals surface area contributed by atoms with Crippen molar-refractivity contribution in [3.05, 3.63) is 0 Å². The van der Waals surface area contributed by atoms with Crippen LogP contribution >= 0.6 is 22.1 Å². The highest BCUT2D eigenvalue weighted by atomic mass is 31.2. The van der Waals surface area contributed by atoms with Crippen LogP contribution in [-0.2, 0) is 24.4 Å². The fraction of sp³-hybridized carbons (Fsp3) is 1.00. The zero-order valence-corrected chi connectivity index (χ0v) is 26.9. The van der Waals surface area contributed by atoms with Crippen molar-refractivity contribution in [3.63, 3.8) is 0 Å². The number of unbranched alkanes of at least 4 members (excludes halogenated alkanes) is 6. The van der Waals surface area contributed by atoms with E-state index >= 15 is 0 Å². The second kappa shape index (κ2) is 20.1. The summed E-state index contributed by atoms with van der Waals surface area (Å²) in [5.74, 6) is 0. The summed E-state index contributed by atoms with van der Waals surface area (Å²) < 4.78 is 60.3. The van der Waals surface area contributed by atoms with E-state index in [1.54, 1.807) is 0 Å². The molecule has 34 heavy (non-hydrogen) atoms. The Labute approximate surface area is 216 Å². The van der Waals surface area contributed by atoms with Crippen molar-refractivity contribution in [2.24, 2.45) is 0 Å². The third-order valence-corrected chi connectivity index (χ3v) is 18.6. The molecule has 204 valence electrons. The maximum atomic E-state index is 13.8. The normalized spacial score (nSPS) is 12.9. The Bertz CT molecular complexity index is 525. The van der Waals surface area contributed by atoms with Gasteiger partial charge in [0, 0.05) is 37.0 Å². The van der Waals surface area contributed by atoms with Gasteiger partial charge < -0.3 is 10.7 Å². The Hall–Kier alpha value is 1.10. The van der Waals surface area contributed by atoms with Gasteiger partial charge in [-0.3, -0.25) is 13.7 Å². The minimum atomic E-state index is -3.15. The maximum Gasteiger partial charge on any atom is 0.921 e. The molecule has 0 N–H and O–H groups in total. The third kappa shape index (κ3) is 16.1. The molecule has 0 aliphatic rings. The first-order chi connectivity index (χ1) is 16.1. The van der Waals surface area contributed by atoms with Gasteiger partial charge >= 0.3 is 15.1 Å². The highest BCUT2D eigenvalue weighted by Crippen LogP contribution is 2.58. The molecule has 0 aromatic carbocycles. The van der Waals surface area contributed by atoms with Crippen LogP contribution in [0.2, 0.25) is 0 Å². The second-order valence-electron chi connectivity index (χ2n) is 9.51. The minimum absolute atomic E-state index is 0.474. The van der Waals surface area contributed by atoms with Gasteiger partial charge in [-0.1, -0.05) is 80.1 Å². The Morgan fingerprint density at radius 3 is 0.735 bits per heavy atom. The second-order valence-corrected chi connectivity index (χ2v) is 20.2. The van der Waals surface area contributed by atoms with Gasteiger partial charge in [0.2, 0.25) is 0 Å². The molecule has 0 aliphatic carbocycles. The van der Waals surface area contributed by atoms with Crippen molar-refractivity contribution < 1.29 is 24.4 Å². The average Bonchev–Trinajstić information content (AvgIpc) is 2.81. The zero-order valence-electron chi connectivity index (χ0n) is 23.1. The summed E-state index contributed by atoms with van der Waals surface area (Å²) in [6, 6.07) is 0. The monoisotopic (exact) mass is 558 g/mol. The molecule has 6 nitrogen and oxygen atoms in total. The van der Waals surface area contributed by atoms with E-state index in [0.717, 1.165) is 77.0 Å². The van der Waals surface area contributed by atoms with Gasteiger partial charge in [0.25, 0.3) is 0 Å². The molecule has 0 amide bonds. The largest absolute Gasteiger partial charge is 0.921 e. The topological polar surface area (TPSA) is 78.9 Å². The summed E-state index contributed by atoms with van der Waals surface area (Å²) in [6.45, 7) is 12.4. The predicted octanol–water partition coefficient (Wildman–Crippen LogP) is 9.66. The average molecular weight is 559 g/mol. The SMILES string of the molecule is CCCCP(=O)(CCCC)[O][Al]([O]P(=O)(CCCC)CCCC)[O]P(=O)(CCCC)CCCC. The van der Waals surface area contributed by atoms with E-state index in [1.165, 1.54) is 0 Å². The summed E-state index contributed by atoms with van der Waals surface area (Å²) in [6.07, 6.45) is 13.2. The lowest BCUT2D eigenvalue weighted by molar-refractivity contribution is 0.303. The molecule has 0 aromatic heterocycles. The van der Waals surface area contributed by atoms with Crippen LogP contribution in [0.25, 0.3) is 0 Å². The van der Waals surface area contributed by atoms with Crippen LogP contribution in [0, 0.1) is 0 Å². The predicted molar refractivity (Wildman–Crippen MR) is 150 cm³/mol. The summed E-state index contributed by atoms with van der Waals surface area (Å²) in [5.41, 5.74) is 0. The van der Waals surface area contributed by atoms with Gasteiger partial charge in [-0.15, -0.1) is 0 Å². The number of hydrogen-bond donors (Lipinski definition) is 0. The van der Waals surface area contributed by atoms with Crippen LogP contribution in [0.5, 0.6) is 0 Å². The molecule has 0 aromatic rings. The van der Waals surface area contributed by atoms with Crippen LogP contribution in [0.3, 0.4) is 0 Å².